The van der Waals surface area contributed by atoms with Crippen molar-refractivity contribution in [2.45, 2.75) is 6.04 Å². The Hall–Kier alpha value is -2.08. The number of rotatable bonds is 2. The number of carboxylic acids is 1. The molecule has 1 aromatic heterocycles. The highest BCUT2D eigenvalue weighted by molar-refractivity contribution is 5.80. The molecule has 6 heteroatoms. The SMILES string of the molecule is Cn1c(=O)[nH]c2ccc(C(N)C(=O)O)cc21. The molecule has 2 rings (SSSR count). The van der Waals surface area contributed by atoms with E-state index in [4.69, 9.17) is 10.8 Å². The molecular formula is C10H11N3O3. The van der Waals surface area contributed by atoms with Gasteiger partial charge < -0.3 is 15.8 Å². The average Bonchev–Trinajstić information content (AvgIpc) is 2.53. The van der Waals surface area contributed by atoms with Gasteiger partial charge in [-0.1, -0.05) is 6.07 Å². The zero-order valence-electron chi connectivity index (χ0n) is 8.60. The van der Waals surface area contributed by atoms with Crippen molar-refractivity contribution in [3.63, 3.8) is 0 Å². The van der Waals surface area contributed by atoms with Crippen LogP contribution in [0.15, 0.2) is 23.0 Å². The third-order valence-electron chi connectivity index (χ3n) is 2.55. The first-order valence-corrected chi connectivity index (χ1v) is 4.67. The maximum absolute atomic E-state index is 11.3. The molecule has 0 saturated carbocycles. The minimum Gasteiger partial charge on any atom is -0.480 e. The Morgan fingerprint density at radius 2 is 2.25 bits per heavy atom. The second-order valence-electron chi connectivity index (χ2n) is 3.58. The van der Waals surface area contributed by atoms with E-state index in [0.717, 1.165) is 0 Å². The molecule has 0 aliphatic carbocycles. The van der Waals surface area contributed by atoms with Gasteiger partial charge in [0.15, 0.2) is 0 Å². The number of nitrogens with one attached hydrogen (secondary N) is 1. The van der Waals surface area contributed by atoms with E-state index in [9.17, 15) is 9.59 Å². The third kappa shape index (κ3) is 1.49. The van der Waals surface area contributed by atoms with Crippen molar-refractivity contribution in [2.75, 3.05) is 0 Å². The number of aromatic amines is 1. The summed E-state index contributed by atoms with van der Waals surface area (Å²) in [5, 5.41) is 8.78. The van der Waals surface area contributed by atoms with Crippen LogP contribution in [-0.2, 0) is 11.8 Å². The van der Waals surface area contributed by atoms with Crippen molar-refractivity contribution < 1.29 is 9.90 Å². The van der Waals surface area contributed by atoms with E-state index in [1.165, 1.54) is 4.57 Å². The highest BCUT2D eigenvalue weighted by Gasteiger charge is 2.15. The van der Waals surface area contributed by atoms with E-state index in [0.29, 0.717) is 16.6 Å². The summed E-state index contributed by atoms with van der Waals surface area (Å²) in [6.07, 6.45) is 0. The summed E-state index contributed by atoms with van der Waals surface area (Å²) in [6.45, 7) is 0. The van der Waals surface area contributed by atoms with Crippen LogP contribution in [0.3, 0.4) is 0 Å². The van der Waals surface area contributed by atoms with Gasteiger partial charge in [0.2, 0.25) is 0 Å². The molecule has 0 aliphatic rings. The Morgan fingerprint density at radius 1 is 1.56 bits per heavy atom. The number of benzene rings is 1. The first kappa shape index (κ1) is 10.4. The number of hydrogen-bond donors (Lipinski definition) is 3. The molecule has 0 amide bonds. The number of fused-ring (bicyclic) bond motifs is 1. The molecular weight excluding hydrogens is 210 g/mol. The first-order valence-electron chi connectivity index (χ1n) is 4.67. The first-order chi connectivity index (χ1) is 7.50. The second-order valence-corrected chi connectivity index (χ2v) is 3.58. The summed E-state index contributed by atoms with van der Waals surface area (Å²) in [4.78, 5) is 24.7. The largest absolute Gasteiger partial charge is 0.480 e. The van der Waals surface area contributed by atoms with Crippen molar-refractivity contribution in [3.8, 4) is 0 Å². The molecule has 1 unspecified atom stereocenters. The number of nitrogens with two attached hydrogens (primary N) is 1. The number of carboxylic acid groups (broad SMARTS) is 1. The van der Waals surface area contributed by atoms with Gasteiger partial charge in [0, 0.05) is 7.05 Å². The highest BCUT2D eigenvalue weighted by Crippen LogP contribution is 2.16. The van der Waals surface area contributed by atoms with Crippen LogP contribution in [0.2, 0.25) is 0 Å². The van der Waals surface area contributed by atoms with E-state index in [-0.39, 0.29) is 5.69 Å². The summed E-state index contributed by atoms with van der Waals surface area (Å²) in [7, 11) is 1.61. The summed E-state index contributed by atoms with van der Waals surface area (Å²) in [5.74, 6) is -1.10. The Bertz CT molecular complexity index is 611. The van der Waals surface area contributed by atoms with Crippen LogP contribution in [-0.4, -0.2) is 20.6 Å². The summed E-state index contributed by atoms with van der Waals surface area (Å²) in [6, 6.07) is 3.77. The number of aryl methyl sites for hydroxylation is 1. The van der Waals surface area contributed by atoms with Crippen molar-refractivity contribution in [2.24, 2.45) is 12.8 Å². The molecule has 0 spiro atoms. The molecule has 16 heavy (non-hydrogen) atoms. The number of H-pyrrole nitrogens is 1. The fraction of sp³-hybridized carbons (Fsp3) is 0.200. The lowest BCUT2D eigenvalue weighted by Crippen LogP contribution is -2.20. The Morgan fingerprint density at radius 3 is 2.88 bits per heavy atom. The second kappa shape index (κ2) is 3.49. The number of aromatic nitrogens is 2. The minimum atomic E-state index is -1.10. The van der Waals surface area contributed by atoms with E-state index in [2.05, 4.69) is 4.98 Å². The van der Waals surface area contributed by atoms with Crippen LogP contribution in [0.4, 0.5) is 0 Å². The highest BCUT2D eigenvalue weighted by atomic mass is 16.4. The quantitative estimate of drug-likeness (QED) is 0.661. The Kier molecular flexibility index (Phi) is 2.28. The van der Waals surface area contributed by atoms with Gasteiger partial charge in [-0.15, -0.1) is 0 Å². The molecule has 1 aromatic carbocycles. The van der Waals surface area contributed by atoms with Crippen LogP contribution in [0.5, 0.6) is 0 Å². The molecule has 0 aliphatic heterocycles. The fourth-order valence-electron chi connectivity index (χ4n) is 1.58. The fourth-order valence-corrected chi connectivity index (χ4v) is 1.58. The summed E-state index contributed by atoms with van der Waals surface area (Å²) in [5.41, 5.74) is 7.02. The Labute approximate surface area is 90.3 Å². The van der Waals surface area contributed by atoms with Gasteiger partial charge in [-0.3, -0.25) is 9.36 Å². The van der Waals surface area contributed by atoms with E-state index >= 15 is 0 Å². The number of hydrogen-bond acceptors (Lipinski definition) is 3. The molecule has 0 saturated heterocycles. The van der Waals surface area contributed by atoms with Crippen molar-refractivity contribution in [1.29, 1.82) is 0 Å². The van der Waals surface area contributed by atoms with Gasteiger partial charge in [-0.25, -0.2) is 4.79 Å². The van der Waals surface area contributed by atoms with Gasteiger partial charge in [-0.2, -0.15) is 0 Å². The normalized spacial score (nSPS) is 12.9. The van der Waals surface area contributed by atoms with Gasteiger partial charge in [0.05, 0.1) is 11.0 Å². The van der Waals surface area contributed by atoms with Gasteiger partial charge in [0.1, 0.15) is 6.04 Å². The number of nitrogens with zero attached hydrogens (tertiary/aromatic N) is 1. The van der Waals surface area contributed by atoms with E-state index < -0.39 is 12.0 Å². The molecule has 0 radical (unpaired) electrons. The molecule has 4 N–H and O–H groups in total. The molecule has 2 aromatic rings. The maximum atomic E-state index is 11.3. The van der Waals surface area contributed by atoms with E-state index in [1.807, 2.05) is 0 Å². The number of imidazole rings is 1. The maximum Gasteiger partial charge on any atom is 0.326 e. The smallest absolute Gasteiger partial charge is 0.326 e. The predicted molar refractivity (Wildman–Crippen MR) is 58.1 cm³/mol. The monoisotopic (exact) mass is 221 g/mol. The standard InChI is InChI=1S/C10H11N3O3/c1-13-7-4-5(8(11)9(14)15)2-3-6(7)12-10(13)16/h2-4,8H,11H2,1H3,(H,12,16)(H,14,15). The van der Waals surface area contributed by atoms with Crippen LogP contribution >= 0.6 is 0 Å². The molecule has 84 valence electrons. The average molecular weight is 221 g/mol. The lowest BCUT2D eigenvalue weighted by atomic mass is 10.1. The zero-order chi connectivity index (χ0) is 11.9. The zero-order valence-corrected chi connectivity index (χ0v) is 8.60. The molecule has 1 atom stereocenters. The predicted octanol–water partition coefficient (Wildman–Crippen LogP) is -0.0490. The molecule has 6 nitrogen and oxygen atoms in total. The van der Waals surface area contributed by atoms with Crippen molar-refractivity contribution >= 4 is 17.0 Å². The lowest BCUT2D eigenvalue weighted by Gasteiger charge is -2.06. The topological polar surface area (TPSA) is 101 Å². The van der Waals surface area contributed by atoms with Crippen LogP contribution < -0.4 is 11.4 Å². The summed E-state index contributed by atoms with van der Waals surface area (Å²) < 4.78 is 1.41. The lowest BCUT2D eigenvalue weighted by molar-refractivity contribution is -0.138. The number of carbonyl (C=O) groups is 1. The van der Waals surface area contributed by atoms with Crippen LogP contribution in [0.1, 0.15) is 11.6 Å². The van der Waals surface area contributed by atoms with Gasteiger partial charge in [-0.05, 0) is 17.7 Å². The Balaban J connectivity index is 2.63. The summed E-state index contributed by atoms with van der Waals surface area (Å²) >= 11 is 0. The van der Waals surface area contributed by atoms with E-state index in [1.54, 1.807) is 25.2 Å². The third-order valence-corrected chi connectivity index (χ3v) is 2.55. The number of aliphatic carboxylic acids is 1. The van der Waals surface area contributed by atoms with Crippen LogP contribution in [0, 0.1) is 0 Å². The van der Waals surface area contributed by atoms with Gasteiger partial charge >= 0.3 is 11.7 Å². The van der Waals surface area contributed by atoms with Gasteiger partial charge in [0.25, 0.3) is 0 Å². The molecule has 1 heterocycles. The minimum absolute atomic E-state index is 0.240. The molecule has 0 fully saturated rings. The van der Waals surface area contributed by atoms with Crippen molar-refractivity contribution in [1.82, 2.24) is 9.55 Å². The molecule has 0 bridgehead atoms. The van der Waals surface area contributed by atoms with Crippen molar-refractivity contribution in [3.05, 3.63) is 34.2 Å². The van der Waals surface area contributed by atoms with Crippen LogP contribution in [0.25, 0.3) is 11.0 Å².